The van der Waals surface area contributed by atoms with Crippen molar-refractivity contribution < 1.29 is 22.5 Å². The molecule has 0 aliphatic heterocycles. The SMILES string of the molecule is CN(C)c1cccc2c(S(=O)(=O)Oc3ccc(CO[N+](=O)[O-])cc3)cccc12. The fourth-order valence-corrected chi connectivity index (χ4v) is 3.96. The zero-order valence-corrected chi connectivity index (χ0v) is 16.0. The fourth-order valence-electron chi connectivity index (χ4n) is 2.81. The van der Waals surface area contributed by atoms with E-state index >= 15 is 0 Å². The molecule has 3 rings (SSSR count). The summed E-state index contributed by atoms with van der Waals surface area (Å²) < 4.78 is 31.0. The second-order valence-corrected chi connectivity index (χ2v) is 7.72. The zero-order valence-electron chi connectivity index (χ0n) is 15.2. The molecule has 8 nitrogen and oxygen atoms in total. The van der Waals surface area contributed by atoms with Crippen LogP contribution in [0.4, 0.5) is 5.69 Å². The van der Waals surface area contributed by atoms with E-state index in [4.69, 9.17) is 4.18 Å². The van der Waals surface area contributed by atoms with Crippen molar-refractivity contribution >= 4 is 26.6 Å². The summed E-state index contributed by atoms with van der Waals surface area (Å²) >= 11 is 0. The van der Waals surface area contributed by atoms with Gasteiger partial charge in [0.1, 0.15) is 17.3 Å². The lowest BCUT2D eigenvalue weighted by Crippen LogP contribution is -2.12. The van der Waals surface area contributed by atoms with Gasteiger partial charge in [-0.05, 0) is 29.8 Å². The molecule has 0 heterocycles. The van der Waals surface area contributed by atoms with Crippen molar-refractivity contribution in [2.45, 2.75) is 11.5 Å². The normalized spacial score (nSPS) is 11.2. The van der Waals surface area contributed by atoms with Crippen LogP contribution < -0.4 is 9.08 Å². The largest absolute Gasteiger partial charge is 0.379 e. The molecule has 0 radical (unpaired) electrons. The summed E-state index contributed by atoms with van der Waals surface area (Å²) in [5, 5.41) is 10.7. The molecule has 0 unspecified atom stereocenters. The van der Waals surface area contributed by atoms with Crippen LogP contribution in [0.3, 0.4) is 0 Å². The van der Waals surface area contributed by atoms with Crippen molar-refractivity contribution in [3.05, 3.63) is 76.3 Å². The number of rotatable bonds is 7. The molecule has 28 heavy (non-hydrogen) atoms. The van der Waals surface area contributed by atoms with E-state index in [1.807, 2.05) is 31.1 Å². The lowest BCUT2D eigenvalue weighted by Gasteiger charge is -2.17. The molecule has 0 aliphatic rings. The van der Waals surface area contributed by atoms with Crippen molar-refractivity contribution in [3.8, 4) is 5.75 Å². The Morgan fingerprint density at radius 3 is 2.25 bits per heavy atom. The Morgan fingerprint density at radius 2 is 1.61 bits per heavy atom. The third-order valence-corrected chi connectivity index (χ3v) is 5.38. The maximum absolute atomic E-state index is 12.8. The van der Waals surface area contributed by atoms with Crippen LogP contribution in [0, 0.1) is 10.1 Å². The monoisotopic (exact) mass is 402 g/mol. The fraction of sp³-hybridized carbons (Fsp3) is 0.158. The minimum Gasteiger partial charge on any atom is -0.379 e. The van der Waals surface area contributed by atoms with Gasteiger partial charge in [0.05, 0.1) is 0 Å². The van der Waals surface area contributed by atoms with Gasteiger partial charge in [0.25, 0.3) is 5.09 Å². The Bertz CT molecular complexity index is 1110. The third-order valence-electron chi connectivity index (χ3n) is 4.08. The molecule has 3 aromatic rings. The molecular weight excluding hydrogens is 384 g/mol. The van der Waals surface area contributed by atoms with Crippen molar-refractivity contribution in [2.75, 3.05) is 19.0 Å². The van der Waals surface area contributed by atoms with Crippen molar-refractivity contribution in [2.24, 2.45) is 0 Å². The highest BCUT2D eigenvalue weighted by molar-refractivity contribution is 7.87. The number of hydrogen-bond acceptors (Lipinski definition) is 7. The summed E-state index contributed by atoms with van der Waals surface area (Å²) in [7, 11) is -0.308. The molecule has 0 aromatic heterocycles. The van der Waals surface area contributed by atoms with E-state index in [-0.39, 0.29) is 17.3 Å². The molecule has 0 aliphatic carbocycles. The van der Waals surface area contributed by atoms with Crippen LogP contribution in [0.15, 0.2) is 65.6 Å². The molecule has 146 valence electrons. The Hall–Kier alpha value is -3.33. The van der Waals surface area contributed by atoms with Gasteiger partial charge in [-0.3, -0.25) is 0 Å². The van der Waals surface area contributed by atoms with Crippen LogP contribution in [-0.4, -0.2) is 27.6 Å². The summed E-state index contributed by atoms with van der Waals surface area (Å²) in [6, 6.07) is 16.3. The summed E-state index contributed by atoms with van der Waals surface area (Å²) in [5.41, 5.74) is 1.41. The van der Waals surface area contributed by atoms with Gasteiger partial charge in [-0.2, -0.15) is 8.42 Å². The number of hydrogen-bond donors (Lipinski definition) is 0. The quantitative estimate of drug-likeness (QED) is 0.339. The second kappa shape index (κ2) is 7.73. The Balaban J connectivity index is 1.91. The van der Waals surface area contributed by atoms with Gasteiger partial charge >= 0.3 is 10.1 Å². The number of anilines is 1. The maximum atomic E-state index is 12.8. The average Bonchev–Trinajstić information content (AvgIpc) is 2.66. The molecule has 0 atom stereocenters. The summed E-state index contributed by atoms with van der Waals surface area (Å²) in [6.07, 6.45) is 0. The van der Waals surface area contributed by atoms with Crippen LogP contribution in [0.5, 0.6) is 5.75 Å². The van der Waals surface area contributed by atoms with E-state index in [1.54, 1.807) is 18.2 Å². The second-order valence-electron chi connectivity index (χ2n) is 6.20. The van der Waals surface area contributed by atoms with Crippen LogP contribution in [-0.2, 0) is 21.6 Å². The highest BCUT2D eigenvalue weighted by Gasteiger charge is 2.20. The topological polar surface area (TPSA) is 99.0 Å². The molecular formula is C19H18N2O6S. The van der Waals surface area contributed by atoms with Gasteiger partial charge in [-0.25, -0.2) is 0 Å². The van der Waals surface area contributed by atoms with Crippen molar-refractivity contribution in [1.82, 2.24) is 0 Å². The van der Waals surface area contributed by atoms with Gasteiger partial charge in [-0.1, -0.05) is 36.4 Å². The molecule has 3 aromatic carbocycles. The van der Waals surface area contributed by atoms with E-state index in [0.717, 1.165) is 11.1 Å². The highest BCUT2D eigenvalue weighted by atomic mass is 32.2. The van der Waals surface area contributed by atoms with Gasteiger partial charge < -0.3 is 13.9 Å². The Morgan fingerprint density at radius 1 is 0.964 bits per heavy atom. The van der Waals surface area contributed by atoms with Gasteiger partial charge in [0.2, 0.25) is 0 Å². The minimum atomic E-state index is -4.08. The molecule has 0 saturated carbocycles. The highest BCUT2D eigenvalue weighted by Crippen LogP contribution is 2.31. The van der Waals surface area contributed by atoms with Crippen LogP contribution in [0.1, 0.15) is 5.56 Å². The molecule has 0 saturated heterocycles. The van der Waals surface area contributed by atoms with E-state index in [1.165, 1.54) is 30.3 Å². The van der Waals surface area contributed by atoms with Gasteiger partial charge in [-0.15, -0.1) is 10.1 Å². The maximum Gasteiger partial charge on any atom is 0.339 e. The summed E-state index contributed by atoms with van der Waals surface area (Å²) in [4.78, 5) is 16.5. The lowest BCUT2D eigenvalue weighted by molar-refractivity contribution is -0.763. The summed E-state index contributed by atoms with van der Waals surface area (Å²) in [6.45, 7) is -0.226. The summed E-state index contributed by atoms with van der Waals surface area (Å²) in [5.74, 6) is 0.102. The first-order chi connectivity index (χ1) is 13.3. The van der Waals surface area contributed by atoms with E-state index in [9.17, 15) is 18.5 Å². The number of fused-ring (bicyclic) bond motifs is 1. The first-order valence-electron chi connectivity index (χ1n) is 8.28. The molecule has 0 amide bonds. The predicted octanol–water partition coefficient (Wildman–Crippen LogP) is 3.38. The van der Waals surface area contributed by atoms with Crippen LogP contribution in [0.25, 0.3) is 10.8 Å². The van der Waals surface area contributed by atoms with Gasteiger partial charge in [0, 0.05) is 30.6 Å². The van der Waals surface area contributed by atoms with E-state index in [2.05, 4.69) is 4.84 Å². The third kappa shape index (κ3) is 4.15. The number of benzene rings is 3. The molecule has 9 heteroatoms. The minimum absolute atomic E-state index is 0.0643. The zero-order chi connectivity index (χ0) is 20.3. The Kier molecular flexibility index (Phi) is 5.36. The first-order valence-corrected chi connectivity index (χ1v) is 9.68. The van der Waals surface area contributed by atoms with Crippen molar-refractivity contribution in [3.63, 3.8) is 0 Å². The Labute approximate surface area is 162 Å². The van der Waals surface area contributed by atoms with Crippen LogP contribution in [0.2, 0.25) is 0 Å². The first kappa shape index (κ1) is 19.4. The van der Waals surface area contributed by atoms with Crippen LogP contribution >= 0.6 is 0 Å². The molecule has 0 spiro atoms. The lowest BCUT2D eigenvalue weighted by atomic mass is 10.1. The standard InChI is InChI=1S/C19H18N2O6S/c1-20(2)18-7-3-6-17-16(18)5-4-8-19(17)28(24,25)27-15-11-9-14(10-12-15)13-26-21(22)23/h3-12H,13H2,1-2H3. The smallest absolute Gasteiger partial charge is 0.339 e. The van der Waals surface area contributed by atoms with E-state index < -0.39 is 15.2 Å². The molecule has 0 fully saturated rings. The molecule has 0 bridgehead atoms. The van der Waals surface area contributed by atoms with E-state index in [0.29, 0.717) is 10.9 Å². The van der Waals surface area contributed by atoms with Crippen molar-refractivity contribution in [1.29, 1.82) is 0 Å². The molecule has 0 N–H and O–H groups in total. The number of nitrogens with zero attached hydrogens (tertiary/aromatic N) is 2. The predicted molar refractivity (Wildman–Crippen MR) is 104 cm³/mol. The average molecular weight is 402 g/mol. The van der Waals surface area contributed by atoms with Gasteiger partial charge in [0.15, 0.2) is 0 Å².